The molecule has 4 rings (SSSR count). The zero-order valence-corrected chi connectivity index (χ0v) is 19.4. The molecule has 1 N–H and O–H groups in total. The van der Waals surface area contributed by atoms with Crippen LogP contribution in [0, 0.1) is 5.92 Å². The van der Waals surface area contributed by atoms with Crippen molar-refractivity contribution in [2.45, 2.75) is 37.1 Å². The van der Waals surface area contributed by atoms with Gasteiger partial charge in [-0.05, 0) is 62.3 Å². The molecule has 11 heteroatoms. The van der Waals surface area contributed by atoms with Crippen molar-refractivity contribution in [3.05, 3.63) is 48.4 Å². The number of likely N-dealkylation sites (tertiary alicyclic amines) is 1. The zero-order valence-electron chi connectivity index (χ0n) is 17.8. The largest absolute Gasteiger partial charge is 0.468 e. The van der Waals surface area contributed by atoms with Gasteiger partial charge in [0.15, 0.2) is 0 Å². The van der Waals surface area contributed by atoms with Crippen molar-refractivity contribution in [1.82, 2.24) is 9.62 Å². The summed E-state index contributed by atoms with van der Waals surface area (Å²) in [6.07, 6.45) is 4.85. The topological polar surface area (TPSA) is 117 Å². The molecule has 3 heterocycles. The predicted molar refractivity (Wildman–Crippen MR) is 119 cm³/mol. The second kappa shape index (κ2) is 8.97. The summed E-state index contributed by atoms with van der Waals surface area (Å²) in [5, 5.41) is 0. The van der Waals surface area contributed by atoms with Crippen LogP contribution in [0.5, 0.6) is 0 Å². The van der Waals surface area contributed by atoms with E-state index in [4.69, 9.17) is 4.42 Å². The van der Waals surface area contributed by atoms with Gasteiger partial charge in [-0.1, -0.05) is 13.3 Å². The Morgan fingerprint density at radius 3 is 2.38 bits per heavy atom. The number of hydrogen-bond acceptors (Lipinski definition) is 7. The van der Waals surface area contributed by atoms with Gasteiger partial charge in [-0.25, -0.2) is 25.9 Å². The fourth-order valence-electron chi connectivity index (χ4n) is 4.24. The van der Waals surface area contributed by atoms with Crippen LogP contribution in [-0.4, -0.2) is 53.0 Å². The fourth-order valence-corrected chi connectivity index (χ4v) is 7.10. The van der Waals surface area contributed by atoms with Crippen LogP contribution in [0.15, 0.2) is 52.0 Å². The molecule has 9 nitrogen and oxygen atoms in total. The van der Waals surface area contributed by atoms with E-state index in [1.807, 2.05) is 6.07 Å². The van der Waals surface area contributed by atoms with Gasteiger partial charge in [0.05, 0.1) is 34.6 Å². The molecule has 0 bridgehead atoms. The summed E-state index contributed by atoms with van der Waals surface area (Å²) < 4.78 is 59.3. The maximum Gasteiger partial charge on any atom is 0.244 e. The van der Waals surface area contributed by atoms with E-state index < -0.39 is 31.9 Å². The molecule has 2 saturated heterocycles. The monoisotopic (exact) mass is 481 g/mol. The van der Waals surface area contributed by atoms with E-state index in [0.29, 0.717) is 5.76 Å². The van der Waals surface area contributed by atoms with Gasteiger partial charge >= 0.3 is 0 Å². The molecule has 2 atom stereocenters. The third-order valence-corrected chi connectivity index (χ3v) is 9.22. The molecule has 2 aromatic rings. The van der Waals surface area contributed by atoms with Gasteiger partial charge < -0.3 is 4.42 Å². The summed E-state index contributed by atoms with van der Waals surface area (Å²) in [6.45, 7) is 3.45. The Morgan fingerprint density at radius 2 is 1.81 bits per heavy atom. The number of carbonyl (C=O) groups excluding carboxylic acids is 1. The zero-order chi connectivity index (χ0) is 22.9. The average Bonchev–Trinajstić information content (AvgIpc) is 3.35. The number of rotatable bonds is 7. The van der Waals surface area contributed by atoms with E-state index in [2.05, 4.69) is 9.62 Å². The van der Waals surface area contributed by atoms with Gasteiger partial charge in [0.2, 0.25) is 26.0 Å². The Kier molecular flexibility index (Phi) is 6.44. The van der Waals surface area contributed by atoms with E-state index in [0.717, 1.165) is 36.7 Å². The highest BCUT2D eigenvalue weighted by atomic mass is 32.2. The van der Waals surface area contributed by atoms with Crippen molar-refractivity contribution in [1.29, 1.82) is 0 Å². The van der Waals surface area contributed by atoms with E-state index in [9.17, 15) is 21.6 Å². The minimum atomic E-state index is -3.85. The van der Waals surface area contributed by atoms with Crippen LogP contribution in [0.4, 0.5) is 5.69 Å². The lowest BCUT2D eigenvalue weighted by Gasteiger charge is -2.33. The highest BCUT2D eigenvalue weighted by Gasteiger charge is 2.42. The third kappa shape index (κ3) is 4.61. The summed E-state index contributed by atoms with van der Waals surface area (Å²) in [5.41, 5.74) is 0.139. The van der Waals surface area contributed by atoms with Crippen molar-refractivity contribution >= 4 is 31.6 Å². The lowest BCUT2D eigenvalue weighted by molar-refractivity contribution is -0.119. The van der Waals surface area contributed by atoms with Crippen LogP contribution in [0.1, 0.15) is 38.0 Å². The summed E-state index contributed by atoms with van der Waals surface area (Å²) >= 11 is 0. The second-order valence-electron chi connectivity index (χ2n) is 8.26. The number of furan rings is 1. The lowest BCUT2D eigenvalue weighted by atomic mass is 10.1. The Morgan fingerprint density at radius 1 is 1.12 bits per heavy atom. The average molecular weight is 482 g/mol. The lowest BCUT2D eigenvalue weighted by Crippen LogP contribution is -2.40. The van der Waals surface area contributed by atoms with Crippen LogP contribution >= 0.6 is 0 Å². The Labute approximate surface area is 188 Å². The minimum Gasteiger partial charge on any atom is -0.468 e. The normalized spacial score (nSPS) is 22.8. The summed E-state index contributed by atoms with van der Waals surface area (Å²) in [6, 6.07) is 8.73. The van der Waals surface area contributed by atoms with Crippen LogP contribution in [0.2, 0.25) is 0 Å². The molecule has 2 unspecified atom stereocenters. The number of piperidine rings is 1. The first-order valence-electron chi connectivity index (χ1n) is 10.6. The van der Waals surface area contributed by atoms with Gasteiger partial charge in [0.1, 0.15) is 5.76 Å². The number of anilines is 1. The highest BCUT2D eigenvalue weighted by molar-refractivity contribution is 7.94. The van der Waals surface area contributed by atoms with E-state index in [-0.39, 0.29) is 28.9 Å². The molecular formula is C21H27N3O6S2. The summed E-state index contributed by atoms with van der Waals surface area (Å²) in [4.78, 5) is 14.5. The molecule has 174 valence electrons. The van der Waals surface area contributed by atoms with E-state index in [1.54, 1.807) is 19.3 Å². The smallest absolute Gasteiger partial charge is 0.244 e. The number of nitrogens with one attached hydrogen (secondary N) is 1. The van der Waals surface area contributed by atoms with Gasteiger partial charge in [-0.3, -0.25) is 9.69 Å². The molecule has 0 aliphatic carbocycles. The van der Waals surface area contributed by atoms with Crippen LogP contribution in [-0.2, 0) is 24.8 Å². The SMILES string of the molecule is CC1CS(=O)(=O)N(c2ccc(S(=O)(=O)NCC(c3ccco3)N3CCCCC3)cc2)C1=O. The molecule has 1 aromatic heterocycles. The predicted octanol–water partition coefficient (Wildman–Crippen LogP) is 2.10. The van der Waals surface area contributed by atoms with Crippen molar-refractivity contribution in [2.24, 2.45) is 5.92 Å². The summed E-state index contributed by atoms with van der Waals surface area (Å²) in [5.74, 6) is -0.685. The first-order valence-corrected chi connectivity index (χ1v) is 13.7. The second-order valence-corrected chi connectivity index (χ2v) is 11.9. The van der Waals surface area contributed by atoms with Crippen molar-refractivity contribution in [2.75, 3.05) is 29.7 Å². The van der Waals surface area contributed by atoms with Gasteiger partial charge in [0, 0.05) is 6.54 Å². The molecule has 2 aliphatic rings. The number of amides is 1. The number of sulfonamides is 2. The number of carbonyl (C=O) groups is 1. The molecule has 0 spiro atoms. The van der Waals surface area contributed by atoms with Crippen molar-refractivity contribution < 1.29 is 26.0 Å². The fraction of sp³-hybridized carbons (Fsp3) is 0.476. The summed E-state index contributed by atoms with van der Waals surface area (Å²) in [7, 11) is -7.59. The number of hydrogen-bond donors (Lipinski definition) is 1. The van der Waals surface area contributed by atoms with Gasteiger partial charge in [0.25, 0.3) is 0 Å². The number of nitrogens with zero attached hydrogens (tertiary/aromatic N) is 2. The Balaban J connectivity index is 1.50. The third-order valence-electron chi connectivity index (χ3n) is 5.91. The van der Waals surface area contributed by atoms with Crippen molar-refractivity contribution in [3.63, 3.8) is 0 Å². The molecule has 0 saturated carbocycles. The quantitative estimate of drug-likeness (QED) is 0.644. The Hall–Kier alpha value is -2.21. The molecule has 0 radical (unpaired) electrons. The first kappa shape index (κ1) is 23.0. The maximum absolute atomic E-state index is 12.9. The molecule has 1 amide bonds. The molecule has 2 fully saturated rings. The highest BCUT2D eigenvalue weighted by Crippen LogP contribution is 2.29. The van der Waals surface area contributed by atoms with Crippen molar-refractivity contribution in [3.8, 4) is 0 Å². The van der Waals surface area contributed by atoms with Crippen LogP contribution < -0.4 is 9.03 Å². The Bertz CT molecular complexity index is 1150. The molecular weight excluding hydrogens is 454 g/mol. The molecule has 2 aliphatic heterocycles. The van der Waals surface area contributed by atoms with E-state index >= 15 is 0 Å². The van der Waals surface area contributed by atoms with Gasteiger partial charge in [-0.15, -0.1) is 0 Å². The maximum atomic E-state index is 12.9. The minimum absolute atomic E-state index is 0.00446. The van der Waals surface area contributed by atoms with E-state index in [1.165, 1.54) is 24.3 Å². The first-order chi connectivity index (χ1) is 15.2. The number of benzene rings is 1. The standard InChI is InChI=1S/C21H27N3O6S2/c1-16-15-31(26,27)24(21(16)25)17-7-9-18(10-8-17)32(28,29)22-14-19(20-6-5-13-30-20)23-11-3-2-4-12-23/h5-10,13,16,19,22H,2-4,11-12,14-15H2,1H3. The van der Waals surface area contributed by atoms with Crippen LogP contribution in [0.3, 0.4) is 0 Å². The molecule has 32 heavy (non-hydrogen) atoms. The molecule has 1 aromatic carbocycles. The van der Waals surface area contributed by atoms with Crippen LogP contribution in [0.25, 0.3) is 0 Å². The van der Waals surface area contributed by atoms with Gasteiger partial charge in [-0.2, -0.15) is 0 Å².